The van der Waals surface area contributed by atoms with E-state index in [1.54, 1.807) is 0 Å². The van der Waals surface area contributed by atoms with Crippen LogP contribution in [0.4, 0.5) is 4.39 Å². The zero-order chi connectivity index (χ0) is 17.6. The largest absolute Gasteiger partial charge is 0.343 e. The summed E-state index contributed by atoms with van der Waals surface area (Å²) in [6, 6.07) is 4.76. The van der Waals surface area contributed by atoms with E-state index in [1.807, 2.05) is 4.90 Å². The molecule has 0 aliphatic carbocycles. The minimum atomic E-state index is -3.64. The highest BCUT2D eigenvalue weighted by Gasteiger charge is 2.21. The van der Waals surface area contributed by atoms with Crippen molar-refractivity contribution in [2.24, 2.45) is 0 Å². The number of sulfonamides is 1. The quantitative estimate of drug-likeness (QED) is 0.787. The van der Waals surface area contributed by atoms with Gasteiger partial charge >= 0.3 is 0 Å². The number of hydrogen-bond acceptors (Lipinski definition) is 3. The van der Waals surface area contributed by atoms with Crippen molar-refractivity contribution in [1.29, 1.82) is 0 Å². The molecule has 0 unspecified atom stereocenters. The summed E-state index contributed by atoms with van der Waals surface area (Å²) in [6.07, 6.45) is 5.26. The van der Waals surface area contributed by atoms with Gasteiger partial charge in [-0.05, 0) is 43.5 Å². The van der Waals surface area contributed by atoms with Gasteiger partial charge < -0.3 is 4.90 Å². The molecule has 1 aliphatic heterocycles. The van der Waals surface area contributed by atoms with E-state index < -0.39 is 15.8 Å². The molecular formula is C17H25FN2O3S. The Morgan fingerprint density at radius 3 is 2.29 bits per heavy atom. The first kappa shape index (κ1) is 18.9. The summed E-state index contributed by atoms with van der Waals surface area (Å²) in [5.41, 5.74) is 0. The third-order valence-electron chi connectivity index (χ3n) is 4.34. The van der Waals surface area contributed by atoms with E-state index in [2.05, 4.69) is 0 Å². The van der Waals surface area contributed by atoms with Crippen molar-refractivity contribution < 1.29 is 17.6 Å². The van der Waals surface area contributed by atoms with Gasteiger partial charge in [-0.1, -0.05) is 12.8 Å². The molecule has 0 bridgehead atoms. The lowest BCUT2D eigenvalue weighted by molar-refractivity contribution is -0.131. The van der Waals surface area contributed by atoms with Crippen molar-refractivity contribution in [3.63, 3.8) is 0 Å². The summed E-state index contributed by atoms with van der Waals surface area (Å²) < 4.78 is 38.9. The standard InChI is InChI=1S/C17H25FN2O3S/c1-19(24(22,23)16-10-8-15(18)9-11-16)12-6-7-17(21)20-13-4-2-3-5-14-20/h8-11H,2-7,12-14H2,1H3. The van der Waals surface area contributed by atoms with Crippen LogP contribution in [0.1, 0.15) is 38.5 Å². The van der Waals surface area contributed by atoms with E-state index >= 15 is 0 Å². The Hall–Kier alpha value is -1.47. The molecule has 0 atom stereocenters. The van der Waals surface area contributed by atoms with Gasteiger partial charge in [0.15, 0.2) is 0 Å². The predicted molar refractivity (Wildman–Crippen MR) is 90.5 cm³/mol. The van der Waals surface area contributed by atoms with Crippen LogP contribution in [-0.4, -0.2) is 50.2 Å². The molecule has 1 saturated heterocycles. The van der Waals surface area contributed by atoms with Gasteiger partial charge in [-0.3, -0.25) is 4.79 Å². The van der Waals surface area contributed by atoms with Gasteiger partial charge in [0.25, 0.3) is 0 Å². The topological polar surface area (TPSA) is 57.7 Å². The molecule has 7 heteroatoms. The fourth-order valence-electron chi connectivity index (χ4n) is 2.84. The highest BCUT2D eigenvalue weighted by Crippen LogP contribution is 2.16. The molecule has 1 amide bonds. The number of carbonyl (C=O) groups is 1. The van der Waals surface area contributed by atoms with Crippen molar-refractivity contribution >= 4 is 15.9 Å². The first-order chi connectivity index (χ1) is 11.4. The lowest BCUT2D eigenvalue weighted by Crippen LogP contribution is -2.33. The van der Waals surface area contributed by atoms with Crippen LogP contribution in [0.5, 0.6) is 0 Å². The van der Waals surface area contributed by atoms with Gasteiger partial charge in [-0.15, -0.1) is 0 Å². The zero-order valence-corrected chi connectivity index (χ0v) is 14.9. The Labute approximate surface area is 143 Å². The lowest BCUT2D eigenvalue weighted by atomic mass is 10.2. The molecule has 1 heterocycles. The van der Waals surface area contributed by atoms with Gasteiger partial charge in [0.2, 0.25) is 15.9 Å². The van der Waals surface area contributed by atoms with Crippen LogP contribution in [0.3, 0.4) is 0 Å². The fraction of sp³-hybridized carbons (Fsp3) is 0.588. The number of nitrogens with zero attached hydrogens (tertiary/aromatic N) is 2. The van der Waals surface area contributed by atoms with Crippen molar-refractivity contribution in [3.05, 3.63) is 30.1 Å². The molecule has 5 nitrogen and oxygen atoms in total. The minimum Gasteiger partial charge on any atom is -0.343 e. The van der Waals surface area contributed by atoms with Crippen LogP contribution in [0.25, 0.3) is 0 Å². The maximum Gasteiger partial charge on any atom is 0.242 e. The molecule has 0 N–H and O–H groups in total. The molecule has 24 heavy (non-hydrogen) atoms. The van der Waals surface area contributed by atoms with Crippen LogP contribution in [0, 0.1) is 5.82 Å². The monoisotopic (exact) mass is 356 g/mol. The number of rotatable bonds is 6. The molecule has 2 rings (SSSR count). The number of amides is 1. The fourth-order valence-corrected chi connectivity index (χ4v) is 4.05. The second-order valence-electron chi connectivity index (χ2n) is 6.18. The second-order valence-corrected chi connectivity index (χ2v) is 8.22. The van der Waals surface area contributed by atoms with E-state index in [0.717, 1.165) is 38.1 Å². The highest BCUT2D eigenvalue weighted by molar-refractivity contribution is 7.89. The molecule has 1 aromatic carbocycles. The van der Waals surface area contributed by atoms with E-state index in [9.17, 15) is 17.6 Å². The summed E-state index contributed by atoms with van der Waals surface area (Å²) in [5.74, 6) is -0.371. The Morgan fingerprint density at radius 1 is 1.12 bits per heavy atom. The van der Waals surface area contributed by atoms with Crippen LogP contribution < -0.4 is 0 Å². The maximum atomic E-state index is 12.9. The summed E-state index contributed by atoms with van der Waals surface area (Å²) in [7, 11) is -2.16. The van der Waals surface area contributed by atoms with Gasteiger partial charge in [-0.2, -0.15) is 0 Å². The van der Waals surface area contributed by atoms with Gasteiger partial charge in [0, 0.05) is 33.1 Å². The number of halogens is 1. The van der Waals surface area contributed by atoms with E-state index in [-0.39, 0.29) is 17.3 Å². The minimum absolute atomic E-state index is 0.0604. The molecule has 0 radical (unpaired) electrons. The number of benzene rings is 1. The average molecular weight is 356 g/mol. The predicted octanol–water partition coefficient (Wildman–Crippen LogP) is 2.63. The number of carbonyl (C=O) groups excluding carboxylic acids is 1. The zero-order valence-electron chi connectivity index (χ0n) is 14.1. The van der Waals surface area contributed by atoms with Crippen molar-refractivity contribution in [1.82, 2.24) is 9.21 Å². The Kier molecular flexibility index (Phi) is 6.74. The first-order valence-electron chi connectivity index (χ1n) is 8.41. The van der Waals surface area contributed by atoms with Crippen molar-refractivity contribution in [2.45, 2.75) is 43.4 Å². The summed E-state index contributed by atoms with van der Waals surface area (Å²) in [4.78, 5) is 14.2. The Morgan fingerprint density at radius 2 is 1.71 bits per heavy atom. The second kappa shape index (κ2) is 8.58. The highest BCUT2D eigenvalue weighted by atomic mass is 32.2. The summed E-state index contributed by atoms with van der Waals surface area (Å²) in [6.45, 7) is 1.88. The number of hydrogen-bond donors (Lipinski definition) is 0. The molecule has 0 spiro atoms. The van der Waals surface area contributed by atoms with Crippen molar-refractivity contribution in [2.75, 3.05) is 26.7 Å². The smallest absolute Gasteiger partial charge is 0.242 e. The molecule has 1 aliphatic rings. The van der Waals surface area contributed by atoms with Gasteiger partial charge in [0.1, 0.15) is 5.82 Å². The Balaban J connectivity index is 1.84. The average Bonchev–Trinajstić information content (AvgIpc) is 2.84. The molecule has 134 valence electrons. The van der Waals surface area contributed by atoms with Crippen LogP contribution in [-0.2, 0) is 14.8 Å². The molecule has 1 fully saturated rings. The van der Waals surface area contributed by atoms with E-state index in [1.165, 1.54) is 36.3 Å². The molecule has 0 aromatic heterocycles. The number of likely N-dealkylation sites (tertiary alicyclic amines) is 1. The normalized spacial score (nSPS) is 16.2. The molecular weight excluding hydrogens is 331 g/mol. The molecule has 1 aromatic rings. The SMILES string of the molecule is CN(CCCC(=O)N1CCCCCC1)S(=O)(=O)c1ccc(F)cc1. The summed E-state index contributed by atoms with van der Waals surface area (Å²) >= 11 is 0. The van der Waals surface area contributed by atoms with Gasteiger partial charge in [-0.25, -0.2) is 17.1 Å². The van der Waals surface area contributed by atoms with E-state index in [4.69, 9.17) is 0 Å². The van der Waals surface area contributed by atoms with Crippen LogP contribution in [0.15, 0.2) is 29.2 Å². The summed E-state index contributed by atoms with van der Waals surface area (Å²) in [5, 5.41) is 0. The Bertz CT molecular complexity index is 638. The van der Waals surface area contributed by atoms with Crippen LogP contribution in [0.2, 0.25) is 0 Å². The van der Waals surface area contributed by atoms with Crippen molar-refractivity contribution in [3.8, 4) is 0 Å². The third kappa shape index (κ3) is 5.01. The lowest BCUT2D eigenvalue weighted by Gasteiger charge is -2.21. The van der Waals surface area contributed by atoms with Crippen LogP contribution >= 0.6 is 0 Å². The molecule has 0 saturated carbocycles. The maximum absolute atomic E-state index is 12.9. The first-order valence-corrected chi connectivity index (χ1v) is 9.85. The third-order valence-corrected chi connectivity index (χ3v) is 6.22. The van der Waals surface area contributed by atoms with Gasteiger partial charge in [0.05, 0.1) is 4.90 Å². The van der Waals surface area contributed by atoms with E-state index in [0.29, 0.717) is 12.8 Å².